The Bertz CT molecular complexity index is 767. The molecule has 16 heteroatoms. The molecule has 2 heterocycles. The number of aliphatic carboxylic acids is 1. The maximum Gasteiger partial charge on any atom is 0.364 e. The quantitative estimate of drug-likeness (QED) is 0.130. The third-order valence-corrected chi connectivity index (χ3v) is 5.62. The van der Waals surface area contributed by atoms with Crippen LogP contribution in [-0.4, -0.2) is 139 Å². The zero-order valence-corrected chi connectivity index (χ0v) is 18.8. The molecule has 1 amide bonds. The molecule has 0 aliphatic carbocycles. The molecular weight excluding hydrogens is 482 g/mol. The van der Waals surface area contributed by atoms with Crippen LogP contribution in [0.15, 0.2) is 0 Å². The lowest BCUT2D eigenvalue weighted by atomic mass is 9.88. The molecule has 0 aromatic heterocycles. The predicted molar refractivity (Wildman–Crippen MR) is 107 cm³/mol. The number of amides is 1. The van der Waals surface area contributed by atoms with Gasteiger partial charge < -0.3 is 65.1 Å². The number of aliphatic hydroxyl groups excluding tert-OH is 7. The van der Waals surface area contributed by atoms with Crippen LogP contribution in [0, 0.1) is 0 Å². The first kappa shape index (κ1) is 29.2. The van der Waals surface area contributed by atoms with Crippen molar-refractivity contribution in [1.29, 1.82) is 0 Å². The number of ether oxygens (including phenoxy) is 4. The number of carboxylic acids is 1. The van der Waals surface area contributed by atoms with Gasteiger partial charge in [0.1, 0.15) is 49.3 Å². The second-order valence-corrected chi connectivity index (χ2v) is 8.31. The van der Waals surface area contributed by atoms with Gasteiger partial charge in [0.05, 0.1) is 18.8 Å². The maximum absolute atomic E-state index is 12.3. The molecule has 0 bridgehead atoms. The summed E-state index contributed by atoms with van der Waals surface area (Å²) < 4.78 is 20.3. The molecule has 11 atom stereocenters. The number of hydrogen-bond donors (Lipinski definition) is 9. The molecule has 35 heavy (non-hydrogen) atoms. The minimum atomic E-state index is -2.90. The number of carbonyl (C=O) groups excluding carboxylic acids is 2. The fourth-order valence-electron chi connectivity index (χ4n) is 3.87. The van der Waals surface area contributed by atoms with E-state index in [1.165, 1.54) is 0 Å². The Labute approximate surface area is 198 Å². The highest BCUT2D eigenvalue weighted by Crippen LogP contribution is 2.37. The minimum Gasteiger partial charge on any atom is -0.477 e. The van der Waals surface area contributed by atoms with Crippen molar-refractivity contribution in [2.24, 2.45) is 0 Å². The molecule has 0 radical (unpaired) electrons. The lowest BCUT2D eigenvalue weighted by Crippen LogP contribution is -2.70. The van der Waals surface area contributed by atoms with E-state index in [4.69, 9.17) is 14.2 Å². The van der Waals surface area contributed by atoms with Crippen LogP contribution in [0.4, 0.5) is 0 Å². The number of carbonyl (C=O) groups is 3. The first-order chi connectivity index (χ1) is 16.2. The molecule has 16 nitrogen and oxygen atoms in total. The highest BCUT2D eigenvalue weighted by molar-refractivity contribution is 5.76. The highest BCUT2D eigenvalue weighted by Gasteiger charge is 2.59. The molecule has 2 aliphatic heterocycles. The van der Waals surface area contributed by atoms with E-state index in [0.29, 0.717) is 0 Å². The summed E-state index contributed by atoms with van der Waals surface area (Å²) in [5, 5.41) is 83.5. The minimum absolute atomic E-state index is 0.711. The molecule has 0 aromatic rings. The van der Waals surface area contributed by atoms with E-state index < -0.39 is 104 Å². The lowest BCUT2D eigenvalue weighted by Gasteiger charge is -2.49. The van der Waals surface area contributed by atoms with E-state index in [9.17, 15) is 55.2 Å². The van der Waals surface area contributed by atoms with Gasteiger partial charge in [-0.15, -0.1) is 0 Å². The van der Waals surface area contributed by atoms with Crippen molar-refractivity contribution in [3.8, 4) is 0 Å². The van der Waals surface area contributed by atoms with E-state index >= 15 is 0 Å². The van der Waals surface area contributed by atoms with Crippen LogP contribution in [0.25, 0.3) is 0 Å². The van der Waals surface area contributed by atoms with Gasteiger partial charge in [-0.3, -0.25) is 9.59 Å². The fraction of sp³-hybridized carbons (Fsp3) is 0.842. The lowest BCUT2D eigenvalue weighted by molar-refractivity contribution is -0.366. The molecule has 202 valence electrons. The first-order valence-corrected chi connectivity index (χ1v) is 10.6. The van der Waals surface area contributed by atoms with Crippen molar-refractivity contribution < 1.29 is 74.2 Å². The second kappa shape index (κ2) is 11.8. The number of carboxylic acid groups (broad SMARTS) is 1. The normalized spacial score (nSPS) is 39.3. The van der Waals surface area contributed by atoms with Crippen molar-refractivity contribution in [2.45, 2.75) is 87.2 Å². The monoisotopic (exact) mass is 513 g/mol. The highest BCUT2D eigenvalue weighted by atomic mass is 16.7. The summed E-state index contributed by atoms with van der Waals surface area (Å²) in [7, 11) is 0. The smallest absolute Gasteiger partial charge is 0.364 e. The van der Waals surface area contributed by atoms with E-state index in [1.807, 2.05) is 0 Å². The van der Waals surface area contributed by atoms with Crippen molar-refractivity contribution in [3.05, 3.63) is 0 Å². The van der Waals surface area contributed by atoms with Crippen LogP contribution in [0.5, 0.6) is 0 Å². The number of nitrogens with one attached hydrogen (secondary N) is 1. The van der Waals surface area contributed by atoms with Crippen LogP contribution in [0.2, 0.25) is 0 Å². The Morgan fingerprint density at radius 3 is 2.26 bits per heavy atom. The van der Waals surface area contributed by atoms with Crippen molar-refractivity contribution in [1.82, 2.24) is 5.32 Å². The largest absolute Gasteiger partial charge is 0.477 e. The van der Waals surface area contributed by atoms with Gasteiger partial charge in [-0.1, -0.05) is 0 Å². The van der Waals surface area contributed by atoms with E-state index in [2.05, 4.69) is 10.1 Å². The SMILES string of the molecule is CC(=O)N[C@H]1[C@H]([C@H](O)[C@H](O)COC(C)=O)O[C@@](O[C@@H]2[C@@H](O)[C@H](O)O[C@H](CO)[C@@H]2O)(C(=O)O)C[C@@H]1O. The van der Waals surface area contributed by atoms with Crippen molar-refractivity contribution in [3.63, 3.8) is 0 Å². The maximum atomic E-state index is 12.3. The molecular formula is C19H31NO15. The zero-order valence-electron chi connectivity index (χ0n) is 18.8. The Balaban J connectivity index is 2.41. The van der Waals surface area contributed by atoms with Gasteiger partial charge in [-0.05, 0) is 0 Å². The number of aliphatic hydroxyl groups is 7. The summed E-state index contributed by atoms with van der Waals surface area (Å²) in [4.78, 5) is 34.9. The van der Waals surface area contributed by atoms with Gasteiger partial charge in [0.15, 0.2) is 6.29 Å². The van der Waals surface area contributed by atoms with E-state index in [-0.39, 0.29) is 0 Å². The Morgan fingerprint density at radius 2 is 1.74 bits per heavy atom. The topological polar surface area (TPSA) is 262 Å². The summed E-state index contributed by atoms with van der Waals surface area (Å²) in [5.74, 6) is -6.31. The predicted octanol–water partition coefficient (Wildman–Crippen LogP) is -5.48. The third-order valence-electron chi connectivity index (χ3n) is 5.62. The summed E-state index contributed by atoms with van der Waals surface area (Å²) >= 11 is 0. The number of rotatable bonds is 9. The Morgan fingerprint density at radius 1 is 1.11 bits per heavy atom. The molecule has 0 aromatic carbocycles. The number of hydrogen-bond acceptors (Lipinski definition) is 14. The zero-order chi connectivity index (χ0) is 26.7. The van der Waals surface area contributed by atoms with E-state index in [0.717, 1.165) is 13.8 Å². The molecule has 2 aliphatic rings. The molecule has 2 saturated heterocycles. The Hall–Kier alpha value is -1.99. The first-order valence-electron chi connectivity index (χ1n) is 10.6. The summed E-state index contributed by atoms with van der Waals surface area (Å²) in [6, 6.07) is -1.48. The van der Waals surface area contributed by atoms with Crippen molar-refractivity contribution in [2.75, 3.05) is 13.2 Å². The van der Waals surface area contributed by atoms with Gasteiger partial charge in [0.25, 0.3) is 5.79 Å². The molecule has 0 saturated carbocycles. The van der Waals surface area contributed by atoms with Crippen LogP contribution in [0.1, 0.15) is 20.3 Å². The summed E-state index contributed by atoms with van der Waals surface area (Å²) in [6.07, 6.45) is -17.8. The second-order valence-electron chi connectivity index (χ2n) is 8.31. The number of esters is 1. The molecule has 2 rings (SSSR count). The van der Waals surface area contributed by atoms with Gasteiger partial charge in [0, 0.05) is 20.3 Å². The van der Waals surface area contributed by atoms with Crippen LogP contribution in [-0.2, 0) is 33.3 Å². The molecule has 2 fully saturated rings. The average Bonchev–Trinajstić information content (AvgIpc) is 2.78. The summed E-state index contributed by atoms with van der Waals surface area (Å²) in [6.45, 7) is 0.499. The van der Waals surface area contributed by atoms with E-state index in [1.54, 1.807) is 0 Å². The van der Waals surface area contributed by atoms with Gasteiger partial charge in [-0.25, -0.2) is 4.79 Å². The van der Waals surface area contributed by atoms with Gasteiger partial charge in [-0.2, -0.15) is 0 Å². The average molecular weight is 513 g/mol. The molecule has 9 N–H and O–H groups in total. The Kier molecular flexibility index (Phi) is 9.88. The van der Waals surface area contributed by atoms with Gasteiger partial charge >= 0.3 is 11.9 Å². The molecule has 0 unspecified atom stereocenters. The fourth-order valence-corrected chi connectivity index (χ4v) is 3.87. The summed E-state index contributed by atoms with van der Waals surface area (Å²) in [5.41, 5.74) is 0. The standard InChI is InChI=1S/C19H31NO15/c1-6(22)20-11-8(24)3-19(18(30)31,34-15(11)12(26)9(25)5-32-7(2)23)35-16-13(27)10(4-21)33-17(29)14(16)28/h8-17,21,24-29H,3-5H2,1-2H3,(H,20,22)(H,30,31)/t8-,9+,10+,11+,12+,13-,14+,15+,16-,17+,19-/m0/s1. The van der Waals surface area contributed by atoms with Gasteiger partial charge in [0.2, 0.25) is 5.91 Å². The molecule has 0 spiro atoms. The van der Waals surface area contributed by atoms with Crippen LogP contribution in [0.3, 0.4) is 0 Å². The van der Waals surface area contributed by atoms with Crippen LogP contribution >= 0.6 is 0 Å². The van der Waals surface area contributed by atoms with Crippen LogP contribution < -0.4 is 5.32 Å². The van der Waals surface area contributed by atoms with Crippen molar-refractivity contribution >= 4 is 17.8 Å². The third kappa shape index (κ3) is 6.62.